The van der Waals surface area contributed by atoms with E-state index in [4.69, 9.17) is 0 Å². The van der Waals surface area contributed by atoms with Gasteiger partial charge in [-0.3, -0.25) is 4.55 Å². The van der Waals surface area contributed by atoms with Crippen molar-refractivity contribution in [1.82, 2.24) is 0 Å². The molecule has 0 aromatic heterocycles. The third kappa shape index (κ3) is 4.23. The van der Waals surface area contributed by atoms with Crippen molar-refractivity contribution in [2.24, 2.45) is 0 Å². The van der Waals surface area contributed by atoms with Gasteiger partial charge in [0.25, 0.3) is 10.1 Å². The number of hydrogen-bond donors (Lipinski definition) is 1. The van der Waals surface area contributed by atoms with Gasteiger partial charge >= 0.3 is 0 Å². The van der Waals surface area contributed by atoms with Crippen molar-refractivity contribution in [3.05, 3.63) is 42.0 Å². The fourth-order valence-electron chi connectivity index (χ4n) is 2.36. The summed E-state index contributed by atoms with van der Waals surface area (Å²) in [5, 5.41) is 1.42. The van der Waals surface area contributed by atoms with Gasteiger partial charge in [0.05, 0.1) is 0 Å². The van der Waals surface area contributed by atoms with Gasteiger partial charge in [0.2, 0.25) is 0 Å². The van der Waals surface area contributed by atoms with Crippen LogP contribution in [0, 0.1) is 40.8 Å². The Kier molecular flexibility index (Phi) is 7.05. The molecule has 0 saturated carbocycles. The monoisotopic (exact) mass is 420 g/mol. The number of rotatable bonds is 5. The third-order valence-corrected chi connectivity index (χ3v) is 4.27. The van der Waals surface area contributed by atoms with Crippen LogP contribution in [0.1, 0.15) is 31.7 Å². The predicted molar refractivity (Wildman–Crippen MR) is 77.0 cm³/mol. The first-order chi connectivity index (χ1) is 9.04. The van der Waals surface area contributed by atoms with E-state index in [0.29, 0.717) is 17.4 Å². The summed E-state index contributed by atoms with van der Waals surface area (Å²) in [4.78, 5) is 0.0710. The predicted octanol–water partition coefficient (Wildman–Crippen LogP) is 3.82. The maximum absolute atomic E-state index is 11.7. The topological polar surface area (TPSA) is 54.4 Å². The Morgan fingerprint density at radius 1 is 1.05 bits per heavy atom. The third-order valence-electron chi connectivity index (χ3n) is 3.27. The van der Waals surface area contributed by atoms with Crippen LogP contribution >= 0.6 is 0 Å². The quantitative estimate of drug-likeness (QED) is 0.589. The van der Waals surface area contributed by atoms with E-state index in [1.54, 1.807) is 18.2 Å². The molecule has 0 aliphatic rings. The zero-order valence-corrected chi connectivity index (χ0v) is 15.5. The summed E-state index contributed by atoms with van der Waals surface area (Å²) in [5.74, 6) is 0. The molecule has 0 unspecified atom stereocenters. The SMILES string of the molecule is CCCCCc1ccc2ccccc2c1S(=O)(=O)O.[Nd]. The maximum Gasteiger partial charge on any atom is 0.295 e. The normalized spacial score (nSPS) is 11.3. The summed E-state index contributed by atoms with van der Waals surface area (Å²) in [6.45, 7) is 2.10. The van der Waals surface area contributed by atoms with Crippen molar-refractivity contribution >= 4 is 20.9 Å². The van der Waals surface area contributed by atoms with Crippen LogP contribution in [0.25, 0.3) is 10.8 Å². The zero-order valence-electron chi connectivity index (χ0n) is 11.5. The molecule has 2 rings (SSSR count). The van der Waals surface area contributed by atoms with Gasteiger partial charge in [-0.2, -0.15) is 8.42 Å². The molecule has 2 aromatic rings. The first kappa shape index (κ1) is 18.0. The standard InChI is InChI=1S/C15H18O3S.Nd/c1-2-3-4-8-13-11-10-12-7-5-6-9-14(12)15(13)19(16,17)18;/h5-7,9-11H,2-4,8H2,1H3,(H,16,17,18);. The van der Waals surface area contributed by atoms with Gasteiger partial charge in [0.1, 0.15) is 4.90 Å². The van der Waals surface area contributed by atoms with E-state index in [1.165, 1.54) is 0 Å². The van der Waals surface area contributed by atoms with Crippen LogP contribution in [-0.4, -0.2) is 13.0 Å². The zero-order chi connectivity index (χ0) is 13.9. The molecule has 0 saturated heterocycles. The van der Waals surface area contributed by atoms with Gasteiger partial charge < -0.3 is 0 Å². The largest absolute Gasteiger partial charge is 0.295 e. The molecule has 5 heteroatoms. The molecule has 106 valence electrons. The van der Waals surface area contributed by atoms with Gasteiger partial charge in [0.15, 0.2) is 0 Å². The molecule has 0 aliphatic carbocycles. The smallest absolute Gasteiger partial charge is 0.282 e. The van der Waals surface area contributed by atoms with Crippen molar-refractivity contribution in [3.63, 3.8) is 0 Å². The minimum atomic E-state index is -4.20. The number of unbranched alkanes of at least 4 members (excludes halogenated alkanes) is 2. The molecule has 0 radical (unpaired) electrons. The van der Waals surface area contributed by atoms with E-state index in [9.17, 15) is 13.0 Å². The van der Waals surface area contributed by atoms with E-state index >= 15 is 0 Å². The van der Waals surface area contributed by atoms with Crippen LogP contribution in [0.4, 0.5) is 0 Å². The van der Waals surface area contributed by atoms with Gasteiger partial charge in [-0.1, -0.05) is 56.2 Å². The number of fused-ring (bicyclic) bond motifs is 1. The number of benzene rings is 2. The first-order valence-electron chi connectivity index (χ1n) is 6.52. The second kappa shape index (κ2) is 7.82. The summed E-state index contributed by atoms with van der Waals surface area (Å²) < 4.78 is 32.8. The van der Waals surface area contributed by atoms with Gasteiger partial charge in [-0.25, -0.2) is 0 Å². The average molecular weight is 423 g/mol. The van der Waals surface area contributed by atoms with Crippen molar-refractivity contribution in [3.8, 4) is 0 Å². The summed E-state index contributed by atoms with van der Waals surface area (Å²) in [7, 11) is -4.20. The molecule has 20 heavy (non-hydrogen) atoms. The molecule has 0 bridgehead atoms. The summed E-state index contributed by atoms with van der Waals surface area (Å²) in [5.41, 5.74) is 0.703. The molecular formula is C15H18NdO3S. The molecule has 0 spiro atoms. The minimum Gasteiger partial charge on any atom is -0.282 e. The average Bonchev–Trinajstić information content (AvgIpc) is 2.37. The van der Waals surface area contributed by atoms with Gasteiger partial charge in [-0.15, -0.1) is 0 Å². The van der Waals surface area contributed by atoms with Gasteiger partial charge in [0, 0.05) is 46.2 Å². The molecule has 0 amide bonds. The second-order valence-corrected chi connectivity index (χ2v) is 6.07. The minimum absolute atomic E-state index is 0. The molecule has 2 aromatic carbocycles. The molecular weight excluding hydrogens is 404 g/mol. The van der Waals surface area contributed by atoms with Crippen molar-refractivity contribution in [2.45, 2.75) is 37.5 Å². The maximum atomic E-state index is 11.7. The summed E-state index contributed by atoms with van der Waals surface area (Å²) in [6.07, 6.45) is 3.73. The molecule has 0 atom stereocenters. The molecule has 0 heterocycles. The Hall–Kier alpha value is -0.0394. The molecule has 0 fully saturated rings. The first-order valence-corrected chi connectivity index (χ1v) is 7.96. The fraction of sp³-hybridized carbons (Fsp3) is 0.333. The van der Waals surface area contributed by atoms with E-state index in [0.717, 1.165) is 24.6 Å². The Labute approximate surface area is 153 Å². The summed E-state index contributed by atoms with van der Waals surface area (Å²) >= 11 is 0. The van der Waals surface area contributed by atoms with Crippen molar-refractivity contribution in [1.29, 1.82) is 0 Å². The van der Waals surface area contributed by atoms with Crippen molar-refractivity contribution in [2.75, 3.05) is 0 Å². The number of aryl methyl sites for hydroxylation is 1. The van der Waals surface area contributed by atoms with Crippen LogP contribution in [0.5, 0.6) is 0 Å². The van der Waals surface area contributed by atoms with E-state index in [1.807, 2.05) is 18.2 Å². The van der Waals surface area contributed by atoms with Crippen LogP contribution < -0.4 is 0 Å². The summed E-state index contributed by atoms with van der Waals surface area (Å²) in [6, 6.07) is 10.9. The Balaban J connectivity index is 0.00000200. The number of hydrogen-bond acceptors (Lipinski definition) is 2. The Morgan fingerprint density at radius 2 is 1.75 bits per heavy atom. The second-order valence-electron chi connectivity index (χ2n) is 4.71. The van der Waals surface area contributed by atoms with Crippen LogP contribution in [0.15, 0.2) is 41.3 Å². The molecule has 0 aliphatic heterocycles. The van der Waals surface area contributed by atoms with Crippen LogP contribution in [0.3, 0.4) is 0 Å². The Morgan fingerprint density at radius 3 is 2.40 bits per heavy atom. The van der Waals surface area contributed by atoms with Crippen LogP contribution in [0.2, 0.25) is 0 Å². The molecule has 1 N–H and O–H groups in total. The van der Waals surface area contributed by atoms with E-state index in [2.05, 4.69) is 6.92 Å². The fourth-order valence-corrected chi connectivity index (χ4v) is 3.32. The van der Waals surface area contributed by atoms with E-state index < -0.39 is 10.1 Å². The van der Waals surface area contributed by atoms with Crippen molar-refractivity contribution < 1.29 is 53.8 Å². The molecule has 3 nitrogen and oxygen atoms in total. The van der Waals surface area contributed by atoms with Gasteiger partial charge in [-0.05, 0) is 23.8 Å². The van der Waals surface area contributed by atoms with E-state index in [-0.39, 0.29) is 45.7 Å². The Bertz CT molecular complexity index is 681. The van der Waals surface area contributed by atoms with Crippen LogP contribution in [-0.2, 0) is 16.5 Å².